The van der Waals surface area contributed by atoms with Gasteiger partial charge in [0.2, 0.25) is 0 Å². The second kappa shape index (κ2) is 2.88. The molecule has 0 aliphatic rings. The molecule has 0 saturated carbocycles. The number of rotatable bonds is 1. The number of nitrogens with zero attached hydrogens (tertiary/aromatic N) is 1. The van der Waals surface area contributed by atoms with Gasteiger partial charge in [-0.3, -0.25) is 4.79 Å². The van der Waals surface area contributed by atoms with Crippen LogP contribution < -0.4 is 5.73 Å². The van der Waals surface area contributed by atoms with Crippen molar-refractivity contribution in [3.8, 4) is 0 Å². The van der Waals surface area contributed by atoms with Gasteiger partial charge in [-0.05, 0) is 19.1 Å². The minimum absolute atomic E-state index is 0.131. The molecule has 1 rings (SSSR count). The molecule has 0 aliphatic carbocycles. The van der Waals surface area contributed by atoms with Crippen LogP contribution in [-0.4, -0.2) is 10.9 Å². The fourth-order valence-corrected chi connectivity index (χ4v) is 0.911. The fourth-order valence-electron chi connectivity index (χ4n) is 0.713. The average Bonchev–Trinajstić information content (AvgIpc) is 1.94. The van der Waals surface area contributed by atoms with Gasteiger partial charge in [0.1, 0.15) is 5.69 Å². The fraction of sp³-hybridized carbons (Fsp3) is 0.143. The van der Waals surface area contributed by atoms with Crippen molar-refractivity contribution in [3.05, 3.63) is 28.5 Å². The van der Waals surface area contributed by atoms with Gasteiger partial charge in [-0.1, -0.05) is 11.6 Å². The summed E-state index contributed by atoms with van der Waals surface area (Å²) in [4.78, 5) is 14.5. The minimum Gasteiger partial charge on any atom is -0.364 e. The van der Waals surface area contributed by atoms with Crippen LogP contribution in [0.4, 0.5) is 0 Å². The van der Waals surface area contributed by atoms with Gasteiger partial charge < -0.3 is 5.73 Å². The zero-order chi connectivity index (χ0) is 8.43. The Labute approximate surface area is 69.2 Å². The maximum absolute atomic E-state index is 10.6. The predicted molar refractivity (Wildman–Crippen MR) is 42.5 cm³/mol. The summed E-state index contributed by atoms with van der Waals surface area (Å²) < 4.78 is 0. The van der Waals surface area contributed by atoms with E-state index in [1.807, 2.05) is 0 Å². The summed E-state index contributed by atoms with van der Waals surface area (Å²) in [7, 11) is 0. The molecule has 2 N–H and O–H groups in total. The molecule has 11 heavy (non-hydrogen) atoms. The number of halogens is 1. The Hall–Kier alpha value is -1.09. The lowest BCUT2D eigenvalue weighted by Crippen LogP contribution is -2.14. The Morgan fingerprint density at radius 1 is 1.64 bits per heavy atom. The van der Waals surface area contributed by atoms with Gasteiger partial charge in [-0.25, -0.2) is 4.98 Å². The standard InChI is InChI=1S/C7H7ClN2O/c1-4-2-3-5(8)6(10-4)7(9)11/h2-3H,1H3,(H2,9,11). The van der Waals surface area contributed by atoms with E-state index in [9.17, 15) is 4.79 Å². The van der Waals surface area contributed by atoms with Crippen molar-refractivity contribution in [3.63, 3.8) is 0 Å². The first-order chi connectivity index (χ1) is 5.11. The van der Waals surface area contributed by atoms with Crippen molar-refractivity contribution in [2.75, 3.05) is 0 Å². The van der Waals surface area contributed by atoms with E-state index in [0.29, 0.717) is 5.02 Å². The van der Waals surface area contributed by atoms with Gasteiger partial charge >= 0.3 is 0 Å². The number of nitrogens with two attached hydrogens (primary N) is 1. The lowest BCUT2D eigenvalue weighted by atomic mass is 10.3. The maximum Gasteiger partial charge on any atom is 0.268 e. The molecule has 1 heterocycles. The van der Waals surface area contributed by atoms with Crippen LogP contribution in [0.25, 0.3) is 0 Å². The molecule has 0 radical (unpaired) electrons. The molecule has 0 aromatic carbocycles. The highest BCUT2D eigenvalue weighted by Crippen LogP contribution is 2.12. The zero-order valence-corrected chi connectivity index (χ0v) is 6.72. The number of amides is 1. The van der Waals surface area contributed by atoms with Crippen molar-refractivity contribution >= 4 is 17.5 Å². The molecule has 0 unspecified atom stereocenters. The number of pyridine rings is 1. The molecule has 0 saturated heterocycles. The van der Waals surface area contributed by atoms with Gasteiger partial charge in [0.15, 0.2) is 0 Å². The van der Waals surface area contributed by atoms with Gasteiger partial charge in [-0.2, -0.15) is 0 Å². The zero-order valence-electron chi connectivity index (χ0n) is 5.97. The molecular formula is C7H7ClN2O. The van der Waals surface area contributed by atoms with Crippen molar-refractivity contribution < 1.29 is 4.79 Å². The Kier molecular flexibility index (Phi) is 2.10. The van der Waals surface area contributed by atoms with E-state index in [4.69, 9.17) is 17.3 Å². The molecular weight excluding hydrogens is 164 g/mol. The van der Waals surface area contributed by atoms with E-state index >= 15 is 0 Å². The van der Waals surface area contributed by atoms with E-state index in [-0.39, 0.29) is 5.69 Å². The first-order valence-corrected chi connectivity index (χ1v) is 3.42. The molecule has 4 heteroatoms. The first-order valence-electron chi connectivity index (χ1n) is 3.04. The van der Waals surface area contributed by atoms with Crippen LogP contribution in [0.3, 0.4) is 0 Å². The SMILES string of the molecule is Cc1ccc(Cl)c(C(N)=O)n1. The van der Waals surface area contributed by atoms with E-state index in [1.54, 1.807) is 19.1 Å². The maximum atomic E-state index is 10.6. The molecule has 1 aromatic heterocycles. The monoisotopic (exact) mass is 170 g/mol. The molecule has 1 aromatic rings. The smallest absolute Gasteiger partial charge is 0.268 e. The topological polar surface area (TPSA) is 56.0 Å². The van der Waals surface area contributed by atoms with Gasteiger partial charge in [0.25, 0.3) is 5.91 Å². The normalized spacial score (nSPS) is 9.64. The Bertz CT molecular complexity index is 298. The molecule has 0 fully saturated rings. The summed E-state index contributed by atoms with van der Waals surface area (Å²) in [5.74, 6) is -0.598. The Morgan fingerprint density at radius 3 is 2.73 bits per heavy atom. The quantitative estimate of drug-likeness (QED) is 0.687. The van der Waals surface area contributed by atoms with Crippen LogP contribution in [0.1, 0.15) is 16.2 Å². The summed E-state index contributed by atoms with van der Waals surface area (Å²) in [5.41, 5.74) is 5.85. The molecule has 3 nitrogen and oxygen atoms in total. The number of carbonyl (C=O) groups is 1. The molecule has 0 atom stereocenters. The van der Waals surface area contributed by atoms with Crippen LogP contribution in [-0.2, 0) is 0 Å². The van der Waals surface area contributed by atoms with Crippen molar-refractivity contribution in [1.82, 2.24) is 4.98 Å². The van der Waals surface area contributed by atoms with Crippen LogP contribution in [0.2, 0.25) is 5.02 Å². The highest BCUT2D eigenvalue weighted by molar-refractivity contribution is 6.33. The number of hydrogen-bond acceptors (Lipinski definition) is 2. The van der Waals surface area contributed by atoms with Crippen LogP contribution in [0.5, 0.6) is 0 Å². The van der Waals surface area contributed by atoms with Crippen LogP contribution >= 0.6 is 11.6 Å². The number of aryl methyl sites for hydroxylation is 1. The summed E-state index contributed by atoms with van der Waals surface area (Å²) >= 11 is 5.63. The Morgan fingerprint density at radius 2 is 2.27 bits per heavy atom. The van der Waals surface area contributed by atoms with Crippen LogP contribution in [0.15, 0.2) is 12.1 Å². The highest BCUT2D eigenvalue weighted by Gasteiger charge is 2.06. The molecule has 0 spiro atoms. The number of hydrogen-bond donors (Lipinski definition) is 1. The van der Waals surface area contributed by atoms with Crippen molar-refractivity contribution in [2.24, 2.45) is 5.73 Å². The lowest BCUT2D eigenvalue weighted by molar-refractivity contribution is 0.0995. The number of primary amides is 1. The molecule has 0 aliphatic heterocycles. The number of carbonyl (C=O) groups excluding carboxylic acids is 1. The van der Waals surface area contributed by atoms with E-state index in [2.05, 4.69) is 4.98 Å². The first kappa shape index (κ1) is 8.01. The third-order valence-electron chi connectivity index (χ3n) is 1.22. The van der Waals surface area contributed by atoms with E-state index in [0.717, 1.165) is 5.69 Å². The van der Waals surface area contributed by atoms with Gasteiger partial charge in [0.05, 0.1) is 5.02 Å². The minimum atomic E-state index is -0.598. The van der Waals surface area contributed by atoms with Crippen molar-refractivity contribution in [2.45, 2.75) is 6.92 Å². The lowest BCUT2D eigenvalue weighted by Gasteiger charge is -1.98. The molecule has 58 valence electrons. The largest absolute Gasteiger partial charge is 0.364 e. The second-order valence-electron chi connectivity index (χ2n) is 2.15. The third-order valence-corrected chi connectivity index (χ3v) is 1.52. The third kappa shape index (κ3) is 1.68. The predicted octanol–water partition coefficient (Wildman–Crippen LogP) is 1.14. The second-order valence-corrected chi connectivity index (χ2v) is 2.55. The summed E-state index contributed by atoms with van der Waals surface area (Å²) in [6.07, 6.45) is 0. The molecule has 0 bridgehead atoms. The average molecular weight is 171 g/mol. The van der Waals surface area contributed by atoms with Crippen molar-refractivity contribution in [1.29, 1.82) is 0 Å². The summed E-state index contributed by atoms with van der Waals surface area (Å²) in [6.45, 7) is 1.77. The van der Waals surface area contributed by atoms with E-state index in [1.165, 1.54) is 0 Å². The summed E-state index contributed by atoms with van der Waals surface area (Å²) in [6, 6.07) is 3.32. The Balaban J connectivity index is 3.23. The molecule has 1 amide bonds. The van der Waals surface area contributed by atoms with Gasteiger partial charge in [0, 0.05) is 5.69 Å². The number of aromatic nitrogens is 1. The highest BCUT2D eigenvalue weighted by atomic mass is 35.5. The summed E-state index contributed by atoms with van der Waals surface area (Å²) in [5, 5.41) is 0.295. The van der Waals surface area contributed by atoms with E-state index < -0.39 is 5.91 Å². The van der Waals surface area contributed by atoms with Crippen LogP contribution in [0, 0.1) is 6.92 Å². The van der Waals surface area contributed by atoms with Gasteiger partial charge in [-0.15, -0.1) is 0 Å².